The Bertz CT molecular complexity index is 1170. The van der Waals surface area contributed by atoms with E-state index in [9.17, 15) is 19.3 Å². The Morgan fingerprint density at radius 2 is 1.00 bits per heavy atom. The molecule has 1 aliphatic rings. The lowest BCUT2D eigenvalue weighted by atomic mass is 10.0. The maximum Gasteiger partial charge on any atom is 0.695 e. The molecule has 352 valence electrons. The molecule has 1 amide bonds. The van der Waals surface area contributed by atoms with E-state index in [1.54, 1.807) is 4.90 Å². The SMILES string of the molecule is CCCCC/C=C\C/C=C\CCCCCCCCCCC(CCCCCCCC/C=C\C/C=C\CCCCC)OC(=O)CCCCCCC(=O)N1C[C@H](O[P+](=O)O)C[C@H]1CO. The van der Waals surface area contributed by atoms with E-state index in [4.69, 9.17) is 14.2 Å². The monoisotopic (exact) mass is 875 g/mol. The minimum absolute atomic E-state index is 0.0114. The van der Waals surface area contributed by atoms with E-state index < -0.39 is 14.4 Å². The predicted octanol–water partition coefficient (Wildman–Crippen LogP) is 15.1. The number of unbranched alkanes of at least 4 members (excludes halogenated alkanes) is 23. The number of rotatable bonds is 43. The number of ether oxygens (including phenoxy) is 1. The minimum atomic E-state index is -2.74. The van der Waals surface area contributed by atoms with Gasteiger partial charge in [-0.05, 0) is 103 Å². The summed E-state index contributed by atoms with van der Waals surface area (Å²) in [5, 5.41) is 9.67. The van der Waals surface area contributed by atoms with Crippen LogP contribution in [0.5, 0.6) is 0 Å². The van der Waals surface area contributed by atoms with Gasteiger partial charge in [0.05, 0.1) is 19.2 Å². The number of hydrogen-bond donors (Lipinski definition) is 2. The van der Waals surface area contributed by atoms with Gasteiger partial charge in [-0.25, -0.2) is 0 Å². The predicted molar refractivity (Wildman–Crippen MR) is 257 cm³/mol. The van der Waals surface area contributed by atoms with Crippen molar-refractivity contribution >= 4 is 20.1 Å². The van der Waals surface area contributed by atoms with E-state index in [0.29, 0.717) is 25.7 Å². The Morgan fingerprint density at radius 3 is 1.44 bits per heavy atom. The molecule has 0 spiro atoms. The molecule has 61 heavy (non-hydrogen) atoms. The molecule has 0 aliphatic carbocycles. The summed E-state index contributed by atoms with van der Waals surface area (Å²) < 4.78 is 22.1. The van der Waals surface area contributed by atoms with Crippen molar-refractivity contribution in [3.63, 3.8) is 0 Å². The molecular formula is C52H93NO7P+. The molecule has 9 heteroatoms. The van der Waals surface area contributed by atoms with Crippen LogP contribution in [-0.4, -0.2) is 58.2 Å². The van der Waals surface area contributed by atoms with Crippen LogP contribution in [0.25, 0.3) is 0 Å². The minimum Gasteiger partial charge on any atom is -0.462 e. The molecule has 1 rings (SSSR count). The van der Waals surface area contributed by atoms with Gasteiger partial charge in [0.25, 0.3) is 0 Å². The summed E-state index contributed by atoms with van der Waals surface area (Å²) >= 11 is 0. The van der Waals surface area contributed by atoms with Gasteiger partial charge in [0, 0.05) is 23.8 Å². The highest BCUT2D eigenvalue weighted by Crippen LogP contribution is 2.29. The van der Waals surface area contributed by atoms with Crippen molar-refractivity contribution in [3.8, 4) is 0 Å². The maximum atomic E-state index is 12.9. The lowest BCUT2D eigenvalue weighted by Gasteiger charge is -2.22. The molecule has 0 aromatic heterocycles. The molecule has 4 atom stereocenters. The van der Waals surface area contributed by atoms with E-state index in [2.05, 4.69) is 62.5 Å². The summed E-state index contributed by atoms with van der Waals surface area (Å²) in [5.74, 6) is -0.161. The van der Waals surface area contributed by atoms with Crippen molar-refractivity contribution in [2.45, 2.75) is 257 Å². The average Bonchev–Trinajstić information content (AvgIpc) is 3.66. The van der Waals surface area contributed by atoms with Crippen molar-refractivity contribution in [2.24, 2.45) is 0 Å². The summed E-state index contributed by atoms with van der Waals surface area (Å²) in [6.07, 6.45) is 56.5. The molecular weight excluding hydrogens is 782 g/mol. The van der Waals surface area contributed by atoms with Crippen molar-refractivity contribution in [2.75, 3.05) is 13.2 Å². The van der Waals surface area contributed by atoms with Crippen LogP contribution in [0.3, 0.4) is 0 Å². The van der Waals surface area contributed by atoms with Crippen LogP contribution >= 0.6 is 8.25 Å². The number of amides is 1. The molecule has 1 fully saturated rings. The van der Waals surface area contributed by atoms with Gasteiger partial charge >= 0.3 is 14.2 Å². The third-order valence-electron chi connectivity index (χ3n) is 11.9. The Kier molecular flexibility index (Phi) is 40.2. The normalized spacial score (nSPS) is 16.6. The Balaban J connectivity index is 2.30. The van der Waals surface area contributed by atoms with Gasteiger partial charge in [0.2, 0.25) is 5.91 Å². The van der Waals surface area contributed by atoms with Gasteiger partial charge in [0.1, 0.15) is 12.2 Å². The number of aliphatic hydroxyl groups is 1. The van der Waals surface area contributed by atoms with E-state index in [-0.39, 0.29) is 37.2 Å². The topological polar surface area (TPSA) is 113 Å². The van der Waals surface area contributed by atoms with Crippen LogP contribution in [0.2, 0.25) is 0 Å². The highest BCUT2D eigenvalue weighted by atomic mass is 31.1. The fraction of sp³-hybridized carbons (Fsp3) is 0.808. The fourth-order valence-electron chi connectivity index (χ4n) is 8.18. The first-order valence-electron chi connectivity index (χ1n) is 25.4. The summed E-state index contributed by atoms with van der Waals surface area (Å²) in [6, 6.07) is -0.379. The molecule has 2 unspecified atom stereocenters. The van der Waals surface area contributed by atoms with Crippen molar-refractivity contribution in [3.05, 3.63) is 48.6 Å². The summed E-state index contributed by atoms with van der Waals surface area (Å²) in [6.45, 7) is 4.54. The lowest BCUT2D eigenvalue weighted by molar-refractivity contribution is -0.150. The molecule has 0 radical (unpaired) electrons. The number of nitrogens with zero attached hydrogens (tertiary/aromatic N) is 1. The Morgan fingerprint density at radius 1 is 0.590 bits per heavy atom. The van der Waals surface area contributed by atoms with Gasteiger partial charge < -0.3 is 14.7 Å². The molecule has 1 aliphatic heterocycles. The number of aliphatic hydroxyl groups excluding tert-OH is 1. The first-order chi connectivity index (χ1) is 29.9. The zero-order valence-corrected chi connectivity index (χ0v) is 40.2. The van der Waals surface area contributed by atoms with E-state index in [1.165, 1.54) is 141 Å². The first kappa shape index (κ1) is 56.9. The molecule has 0 saturated carbocycles. The van der Waals surface area contributed by atoms with E-state index >= 15 is 0 Å². The van der Waals surface area contributed by atoms with Crippen LogP contribution < -0.4 is 0 Å². The number of esters is 1. The smallest absolute Gasteiger partial charge is 0.462 e. The van der Waals surface area contributed by atoms with Crippen LogP contribution in [0.15, 0.2) is 48.6 Å². The van der Waals surface area contributed by atoms with Crippen molar-refractivity contribution in [1.29, 1.82) is 0 Å². The molecule has 1 saturated heterocycles. The summed E-state index contributed by atoms with van der Waals surface area (Å²) in [5.41, 5.74) is 0. The van der Waals surface area contributed by atoms with E-state index in [1.807, 2.05) is 0 Å². The van der Waals surface area contributed by atoms with Gasteiger partial charge in [0.15, 0.2) is 0 Å². The quantitative estimate of drug-likeness (QED) is 0.0271. The molecule has 8 nitrogen and oxygen atoms in total. The number of allylic oxidation sites excluding steroid dienone is 8. The summed E-state index contributed by atoms with van der Waals surface area (Å²) in [7, 11) is -2.74. The molecule has 2 N–H and O–H groups in total. The van der Waals surface area contributed by atoms with Gasteiger partial charge in [-0.1, -0.05) is 165 Å². The zero-order chi connectivity index (χ0) is 44.3. The van der Waals surface area contributed by atoms with Crippen LogP contribution in [-0.2, 0) is 23.4 Å². The van der Waals surface area contributed by atoms with E-state index in [0.717, 1.165) is 57.8 Å². The van der Waals surface area contributed by atoms with Crippen LogP contribution in [0.1, 0.15) is 239 Å². The third kappa shape index (κ3) is 36.0. The molecule has 1 heterocycles. The largest absolute Gasteiger partial charge is 0.695 e. The average molecular weight is 875 g/mol. The number of likely N-dealkylation sites (tertiary alicyclic amines) is 1. The Hall–Kier alpha value is -2.12. The zero-order valence-electron chi connectivity index (χ0n) is 39.3. The number of carbonyl (C=O) groups is 2. The van der Waals surface area contributed by atoms with Crippen LogP contribution in [0, 0.1) is 0 Å². The molecule has 0 bridgehead atoms. The maximum absolute atomic E-state index is 12.9. The second-order valence-corrected chi connectivity index (χ2v) is 18.2. The Labute approximate surface area is 375 Å². The second kappa shape index (κ2) is 43.1. The van der Waals surface area contributed by atoms with Gasteiger partial charge in [-0.3, -0.25) is 9.59 Å². The van der Waals surface area contributed by atoms with Gasteiger partial charge in [-0.15, -0.1) is 9.42 Å². The lowest BCUT2D eigenvalue weighted by Crippen LogP contribution is -2.37. The van der Waals surface area contributed by atoms with Crippen molar-refractivity contribution in [1.82, 2.24) is 4.90 Å². The standard InChI is InChI=1S/C52H92NO7P/c1-3-5-7-9-11-13-15-17-19-21-22-24-26-28-30-32-34-38-42-49(41-37-33-31-29-27-25-23-20-18-16-14-12-10-8-6-4-2)59-52(56)44-40-36-35-39-43-51(55)53-46-50(60-61(57)58)45-48(53)47-54/h11-14,17-20,48-50,54H,3-10,15-16,21-47H2,1-2H3/p+1/b13-11-,14-12-,19-17-,20-18-/t48-,49?,50+/m0/s1. The fourth-order valence-corrected chi connectivity index (χ4v) is 8.59. The summed E-state index contributed by atoms with van der Waals surface area (Å²) in [4.78, 5) is 36.3. The van der Waals surface area contributed by atoms with Crippen molar-refractivity contribution < 1.29 is 33.4 Å². The first-order valence-corrected chi connectivity index (χ1v) is 26.6. The highest BCUT2D eigenvalue weighted by molar-refractivity contribution is 7.32. The molecule has 0 aromatic rings. The second-order valence-electron chi connectivity index (χ2n) is 17.6. The molecule has 0 aromatic carbocycles. The van der Waals surface area contributed by atoms with Gasteiger partial charge in [-0.2, -0.15) is 0 Å². The van der Waals surface area contributed by atoms with Crippen LogP contribution in [0.4, 0.5) is 0 Å². The number of carbonyl (C=O) groups excluding carboxylic acids is 2. The third-order valence-corrected chi connectivity index (χ3v) is 12.4. The number of hydrogen-bond acceptors (Lipinski definition) is 6. The highest BCUT2D eigenvalue weighted by Gasteiger charge is 2.39.